The van der Waals surface area contributed by atoms with Crippen molar-refractivity contribution < 1.29 is 13.9 Å². The summed E-state index contributed by atoms with van der Waals surface area (Å²) in [5.74, 6) is -1.44. The number of nitriles is 1. The van der Waals surface area contributed by atoms with Gasteiger partial charge in [0.05, 0.1) is 40.0 Å². The van der Waals surface area contributed by atoms with Crippen molar-refractivity contribution >= 4 is 27.5 Å². The predicted molar refractivity (Wildman–Crippen MR) is 119 cm³/mol. The van der Waals surface area contributed by atoms with Crippen molar-refractivity contribution in [3.05, 3.63) is 76.4 Å². The molecular weight excluding hydrogens is 413 g/mol. The minimum atomic E-state index is -0.621. The minimum Gasteiger partial charge on any atom is -0.463 e. The number of allylic oxidation sites excluding steroid dienone is 3. The van der Waals surface area contributed by atoms with Gasteiger partial charge in [0.2, 0.25) is 0 Å². The van der Waals surface area contributed by atoms with Crippen LogP contribution in [0.4, 0.5) is 4.39 Å². The monoisotopic (exact) mass is 433 g/mol. The van der Waals surface area contributed by atoms with Crippen molar-refractivity contribution in [1.82, 2.24) is 10.3 Å². The van der Waals surface area contributed by atoms with Crippen LogP contribution in [0.2, 0.25) is 0 Å². The zero-order valence-corrected chi connectivity index (χ0v) is 18.1. The van der Waals surface area contributed by atoms with Crippen molar-refractivity contribution in [3.8, 4) is 16.6 Å². The van der Waals surface area contributed by atoms with Crippen LogP contribution in [0.25, 0.3) is 20.8 Å². The summed E-state index contributed by atoms with van der Waals surface area (Å²) in [6.07, 6.45) is 0. The van der Waals surface area contributed by atoms with Crippen molar-refractivity contribution in [2.45, 2.75) is 26.7 Å². The molecule has 0 saturated carbocycles. The fourth-order valence-corrected chi connectivity index (χ4v) is 4.91. The highest BCUT2D eigenvalue weighted by Crippen LogP contribution is 2.43. The van der Waals surface area contributed by atoms with Crippen LogP contribution in [-0.4, -0.2) is 17.6 Å². The Kier molecular flexibility index (Phi) is 5.57. The number of aromatic nitrogens is 1. The lowest BCUT2D eigenvalue weighted by Crippen LogP contribution is -2.28. The fraction of sp³-hybridized carbons (Fsp3) is 0.208. The lowest BCUT2D eigenvalue weighted by atomic mass is 9.80. The molecule has 0 spiro atoms. The SMILES string of the molecule is CCOC(=O)C1=C(C)NC(C)=C(C#N)C1c1cccc2sc(-c3ccccc3F)nc12. The summed E-state index contributed by atoms with van der Waals surface area (Å²) >= 11 is 1.38. The van der Waals surface area contributed by atoms with Crippen molar-refractivity contribution in [3.63, 3.8) is 0 Å². The Bertz CT molecular complexity index is 1300. The molecule has 2 heterocycles. The summed E-state index contributed by atoms with van der Waals surface area (Å²) in [5.41, 5.74) is 3.92. The zero-order valence-electron chi connectivity index (χ0n) is 17.3. The smallest absolute Gasteiger partial charge is 0.336 e. The molecule has 0 bridgehead atoms. The number of ether oxygens (including phenoxy) is 1. The van der Waals surface area contributed by atoms with Crippen molar-refractivity contribution in [1.29, 1.82) is 5.26 Å². The van der Waals surface area contributed by atoms with E-state index in [2.05, 4.69) is 11.4 Å². The number of nitrogens with one attached hydrogen (secondary N) is 1. The van der Waals surface area contributed by atoms with E-state index in [4.69, 9.17) is 9.72 Å². The normalized spacial score (nSPS) is 16.3. The predicted octanol–water partition coefficient (Wildman–Crippen LogP) is 5.42. The summed E-state index contributed by atoms with van der Waals surface area (Å²) in [4.78, 5) is 17.6. The van der Waals surface area contributed by atoms with Gasteiger partial charge in [0.15, 0.2) is 0 Å². The number of rotatable bonds is 4. The molecule has 1 aliphatic heterocycles. The molecule has 0 saturated heterocycles. The molecule has 156 valence electrons. The first-order valence-corrected chi connectivity index (χ1v) is 10.7. The number of halogens is 1. The van der Waals surface area contributed by atoms with Gasteiger partial charge in [0.1, 0.15) is 10.8 Å². The molecule has 5 nitrogen and oxygen atoms in total. The average Bonchev–Trinajstić information content (AvgIpc) is 3.18. The van der Waals surface area contributed by atoms with Crippen molar-refractivity contribution in [2.75, 3.05) is 6.61 Å². The Morgan fingerprint density at radius 2 is 2.00 bits per heavy atom. The minimum absolute atomic E-state index is 0.227. The summed E-state index contributed by atoms with van der Waals surface area (Å²) in [6.45, 7) is 5.57. The maximum Gasteiger partial charge on any atom is 0.336 e. The van der Waals surface area contributed by atoms with E-state index in [0.29, 0.717) is 38.6 Å². The van der Waals surface area contributed by atoms with Gasteiger partial charge < -0.3 is 10.1 Å². The van der Waals surface area contributed by atoms with Crippen LogP contribution in [-0.2, 0) is 9.53 Å². The van der Waals surface area contributed by atoms with Gasteiger partial charge in [-0.05, 0) is 44.5 Å². The zero-order chi connectivity index (χ0) is 22.1. The molecule has 0 fully saturated rings. The number of esters is 1. The third-order valence-corrected chi connectivity index (χ3v) is 6.30. The molecule has 0 amide bonds. The van der Waals surface area contributed by atoms with E-state index >= 15 is 0 Å². The second kappa shape index (κ2) is 8.32. The number of carbonyl (C=O) groups excluding carboxylic acids is 1. The van der Waals surface area contributed by atoms with Gasteiger partial charge in [-0.3, -0.25) is 0 Å². The van der Waals surface area contributed by atoms with Crippen LogP contribution in [0.1, 0.15) is 32.3 Å². The quantitative estimate of drug-likeness (QED) is 0.556. The third-order valence-electron chi connectivity index (χ3n) is 5.24. The highest BCUT2D eigenvalue weighted by Gasteiger charge is 2.35. The maximum atomic E-state index is 14.4. The highest BCUT2D eigenvalue weighted by molar-refractivity contribution is 7.21. The molecule has 1 unspecified atom stereocenters. The Morgan fingerprint density at radius 3 is 2.71 bits per heavy atom. The van der Waals surface area contributed by atoms with Gasteiger partial charge in [0, 0.05) is 17.0 Å². The van der Waals surface area contributed by atoms with Gasteiger partial charge in [-0.1, -0.05) is 24.3 Å². The van der Waals surface area contributed by atoms with Crippen molar-refractivity contribution in [2.24, 2.45) is 0 Å². The number of benzene rings is 2. The summed E-state index contributed by atoms with van der Waals surface area (Å²) in [7, 11) is 0. The fourth-order valence-electron chi connectivity index (χ4n) is 3.89. The number of carbonyl (C=O) groups is 1. The van der Waals surface area contributed by atoms with Crippen LogP contribution in [0, 0.1) is 17.1 Å². The lowest BCUT2D eigenvalue weighted by molar-refractivity contribution is -0.138. The molecule has 1 N–H and O–H groups in total. The number of hydrogen-bond donors (Lipinski definition) is 1. The van der Waals surface area contributed by atoms with Gasteiger partial charge in [0.25, 0.3) is 0 Å². The first kappa shape index (κ1) is 20.8. The molecule has 1 atom stereocenters. The molecule has 7 heteroatoms. The number of nitrogens with zero attached hydrogens (tertiary/aromatic N) is 2. The standard InChI is InChI=1S/C24H20FN3O2S/c1-4-30-24(29)20-14(3)27-13(2)17(12-26)21(20)16-9-7-11-19-22(16)28-23(31-19)15-8-5-6-10-18(15)25/h5-11,21,27H,4H2,1-3H3. The summed E-state index contributed by atoms with van der Waals surface area (Å²) < 4.78 is 20.5. The van der Waals surface area contributed by atoms with Crippen LogP contribution in [0.15, 0.2) is 65.0 Å². The Morgan fingerprint density at radius 1 is 1.23 bits per heavy atom. The van der Waals surface area contributed by atoms with Gasteiger partial charge in [-0.15, -0.1) is 11.3 Å². The molecule has 1 aromatic heterocycles. The molecular formula is C24H20FN3O2S. The summed E-state index contributed by atoms with van der Waals surface area (Å²) in [6, 6.07) is 14.4. The Balaban J connectivity index is 1.95. The largest absolute Gasteiger partial charge is 0.463 e. The molecule has 1 aliphatic rings. The molecule has 31 heavy (non-hydrogen) atoms. The lowest BCUT2D eigenvalue weighted by Gasteiger charge is -2.28. The van der Waals surface area contributed by atoms with E-state index in [-0.39, 0.29) is 12.4 Å². The third kappa shape index (κ3) is 3.60. The van der Waals surface area contributed by atoms with E-state index in [1.54, 1.807) is 32.0 Å². The Hall–Kier alpha value is -3.50. The van der Waals surface area contributed by atoms with Gasteiger partial charge >= 0.3 is 5.97 Å². The van der Waals surface area contributed by atoms with E-state index in [0.717, 1.165) is 10.3 Å². The van der Waals surface area contributed by atoms with Crippen LogP contribution in [0.3, 0.4) is 0 Å². The first-order chi connectivity index (χ1) is 15.0. The van der Waals surface area contributed by atoms with Crippen LogP contribution in [0.5, 0.6) is 0 Å². The van der Waals surface area contributed by atoms with E-state index in [1.165, 1.54) is 17.4 Å². The highest BCUT2D eigenvalue weighted by atomic mass is 32.1. The number of thiazole rings is 1. The average molecular weight is 434 g/mol. The first-order valence-electron chi connectivity index (χ1n) is 9.86. The molecule has 0 aliphatic carbocycles. The molecule has 3 aromatic rings. The van der Waals surface area contributed by atoms with E-state index in [1.807, 2.05) is 25.1 Å². The second-order valence-corrected chi connectivity index (χ2v) is 8.19. The van der Waals surface area contributed by atoms with Crippen LogP contribution >= 0.6 is 11.3 Å². The Labute approximate surface area is 183 Å². The second-order valence-electron chi connectivity index (χ2n) is 7.16. The molecule has 4 rings (SSSR count). The maximum absolute atomic E-state index is 14.4. The number of hydrogen-bond acceptors (Lipinski definition) is 6. The van der Waals surface area contributed by atoms with E-state index < -0.39 is 11.9 Å². The topological polar surface area (TPSA) is 75.0 Å². The number of dihydropyridines is 1. The molecule has 2 aromatic carbocycles. The van der Waals surface area contributed by atoms with E-state index in [9.17, 15) is 14.4 Å². The molecule has 0 radical (unpaired) electrons. The number of para-hydroxylation sites is 1. The van der Waals surface area contributed by atoms with Gasteiger partial charge in [-0.25, -0.2) is 14.2 Å². The summed E-state index contributed by atoms with van der Waals surface area (Å²) in [5, 5.41) is 13.6. The van der Waals surface area contributed by atoms with Gasteiger partial charge in [-0.2, -0.15) is 5.26 Å². The number of fused-ring (bicyclic) bond motifs is 1. The van der Waals surface area contributed by atoms with Crippen LogP contribution < -0.4 is 5.32 Å².